The van der Waals surface area contributed by atoms with E-state index in [9.17, 15) is 0 Å². The van der Waals surface area contributed by atoms with Crippen LogP contribution in [0.3, 0.4) is 0 Å². The van der Waals surface area contributed by atoms with E-state index >= 15 is 0 Å². The summed E-state index contributed by atoms with van der Waals surface area (Å²) in [6.45, 7) is 4.45. The van der Waals surface area contributed by atoms with Crippen LogP contribution in [0.25, 0.3) is 0 Å². The minimum absolute atomic E-state index is 0.0911. The van der Waals surface area contributed by atoms with Gasteiger partial charge in [-0.05, 0) is 41.2 Å². The zero-order valence-electron chi connectivity index (χ0n) is 11.6. The Morgan fingerprint density at radius 3 is 1.74 bits per heavy atom. The summed E-state index contributed by atoms with van der Waals surface area (Å²) in [5, 5.41) is 0. The van der Waals surface area contributed by atoms with Crippen LogP contribution in [-0.2, 0) is 0 Å². The first-order valence-corrected chi connectivity index (χ1v) is 6.82. The minimum atomic E-state index is -0.0911. The predicted molar refractivity (Wildman–Crippen MR) is 82.0 cm³/mol. The molecule has 2 nitrogen and oxygen atoms in total. The van der Waals surface area contributed by atoms with Gasteiger partial charge in [0.25, 0.3) is 0 Å². The fraction of sp³-hybridized carbons (Fsp3) is 0.294. The highest BCUT2D eigenvalue weighted by atomic mass is 14.6. The molecule has 2 unspecified atom stereocenters. The van der Waals surface area contributed by atoms with Crippen molar-refractivity contribution >= 4 is 5.69 Å². The van der Waals surface area contributed by atoms with Gasteiger partial charge in [-0.25, -0.2) is 0 Å². The SMILES string of the molecule is CCC(C)c1ccc(C(N)c2ccc(N)cc2)cc1. The van der Waals surface area contributed by atoms with Crippen LogP contribution in [0.4, 0.5) is 5.69 Å². The molecular weight excluding hydrogens is 232 g/mol. The fourth-order valence-corrected chi connectivity index (χ4v) is 2.16. The largest absolute Gasteiger partial charge is 0.399 e. The van der Waals surface area contributed by atoms with Gasteiger partial charge in [-0.3, -0.25) is 0 Å². The van der Waals surface area contributed by atoms with Crippen LogP contribution >= 0.6 is 0 Å². The lowest BCUT2D eigenvalue weighted by atomic mass is 9.94. The number of nitrogens with two attached hydrogens (primary N) is 2. The molecule has 0 aliphatic rings. The van der Waals surface area contributed by atoms with Gasteiger partial charge in [0, 0.05) is 5.69 Å². The quantitative estimate of drug-likeness (QED) is 0.815. The third-order valence-corrected chi connectivity index (χ3v) is 3.77. The molecule has 2 aromatic rings. The van der Waals surface area contributed by atoms with Crippen molar-refractivity contribution in [2.75, 3.05) is 5.73 Å². The fourth-order valence-electron chi connectivity index (χ4n) is 2.16. The van der Waals surface area contributed by atoms with E-state index in [4.69, 9.17) is 11.5 Å². The number of rotatable bonds is 4. The van der Waals surface area contributed by atoms with Crippen molar-refractivity contribution in [1.82, 2.24) is 0 Å². The molecule has 0 fully saturated rings. The van der Waals surface area contributed by atoms with Gasteiger partial charge in [0.15, 0.2) is 0 Å². The standard InChI is InChI=1S/C17H22N2/c1-3-12(2)13-4-6-14(7-5-13)17(19)15-8-10-16(18)11-9-15/h4-12,17H,3,18-19H2,1-2H3. The average Bonchev–Trinajstić information content (AvgIpc) is 2.46. The third-order valence-electron chi connectivity index (χ3n) is 3.77. The van der Waals surface area contributed by atoms with Crippen LogP contribution in [-0.4, -0.2) is 0 Å². The highest BCUT2D eigenvalue weighted by Gasteiger charge is 2.09. The maximum atomic E-state index is 6.28. The van der Waals surface area contributed by atoms with Crippen molar-refractivity contribution in [1.29, 1.82) is 0 Å². The van der Waals surface area contributed by atoms with E-state index in [0.717, 1.165) is 23.2 Å². The molecule has 0 aromatic heterocycles. The molecule has 0 saturated carbocycles. The van der Waals surface area contributed by atoms with Gasteiger partial charge in [0.05, 0.1) is 6.04 Å². The Bertz CT molecular complexity index is 514. The summed E-state index contributed by atoms with van der Waals surface area (Å²) in [6, 6.07) is 16.3. The van der Waals surface area contributed by atoms with Crippen molar-refractivity contribution in [3.05, 3.63) is 65.2 Å². The molecular formula is C17H22N2. The van der Waals surface area contributed by atoms with Gasteiger partial charge < -0.3 is 11.5 Å². The Labute approximate surface area is 115 Å². The Kier molecular flexibility index (Phi) is 4.23. The zero-order chi connectivity index (χ0) is 13.8. The molecule has 4 N–H and O–H groups in total. The van der Waals surface area contributed by atoms with Crippen LogP contribution in [0.1, 0.15) is 48.9 Å². The lowest BCUT2D eigenvalue weighted by Gasteiger charge is -2.15. The average molecular weight is 254 g/mol. The Hall–Kier alpha value is -1.80. The van der Waals surface area contributed by atoms with E-state index in [0.29, 0.717) is 5.92 Å². The predicted octanol–water partition coefficient (Wildman–Crippen LogP) is 3.83. The first-order chi connectivity index (χ1) is 9.11. The van der Waals surface area contributed by atoms with E-state index in [1.165, 1.54) is 5.56 Å². The second kappa shape index (κ2) is 5.89. The lowest BCUT2D eigenvalue weighted by molar-refractivity contribution is 0.732. The Balaban J connectivity index is 2.19. The van der Waals surface area contributed by atoms with Gasteiger partial charge in [-0.1, -0.05) is 50.2 Å². The molecule has 100 valence electrons. The van der Waals surface area contributed by atoms with Crippen LogP contribution in [0.5, 0.6) is 0 Å². The van der Waals surface area contributed by atoms with Gasteiger partial charge in [0.2, 0.25) is 0 Å². The Morgan fingerprint density at radius 1 is 0.842 bits per heavy atom. The number of hydrogen-bond acceptors (Lipinski definition) is 2. The molecule has 0 saturated heterocycles. The maximum absolute atomic E-state index is 6.28. The summed E-state index contributed by atoms with van der Waals surface area (Å²) in [7, 11) is 0. The van der Waals surface area contributed by atoms with Crippen LogP contribution in [0, 0.1) is 0 Å². The topological polar surface area (TPSA) is 52.0 Å². The first kappa shape index (κ1) is 13.6. The summed E-state index contributed by atoms with van der Waals surface area (Å²) in [4.78, 5) is 0. The summed E-state index contributed by atoms with van der Waals surface area (Å²) in [6.07, 6.45) is 1.16. The van der Waals surface area contributed by atoms with Crippen LogP contribution in [0.2, 0.25) is 0 Å². The van der Waals surface area contributed by atoms with E-state index in [1.807, 2.05) is 24.3 Å². The van der Waals surface area contributed by atoms with Crippen LogP contribution in [0.15, 0.2) is 48.5 Å². The minimum Gasteiger partial charge on any atom is -0.399 e. The highest BCUT2D eigenvalue weighted by molar-refractivity contribution is 5.42. The normalized spacial score (nSPS) is 14.1. The number of anilines is 1. The number of benzene rings is 2. The third kappa shape index (κ3) is 3.15. The van der Waals surface area contributed by atoms with Crippen molar-refractivity contribution in [2.45, 2.75) is 32.2 Å². The molecule has 2 aromatic carbocycles. The van der Waals surface area contributed by atoms with Crippen LogP contribution < -0.4 is 11.5 Å². The summed E-state index contributed by atoms with van der Waals surface area (Å²) in [5.74, 6) is 0.599. The van der Waals surface area contributed by atoms with Crippen molar-refractivity contribution in [2.24, 2.45) is 5.73 Å². The molecule has 0 amide bonds. The van der Waals surface area contributed by atoms with E-state index < -0.39 is 0 Å². The van der Waals surface area contributed by atoms with Crippen molar-refractivity contribution < 1.29 is 0 Å². The zero-order valence-corrected chi connectivity index (χ0v) is 11.6. The maximum Gasteiger partial charge on any atom is 0.0551 e. The molecule has 0 bridgehead atoms. The van der Waals surface area contributed by atoms with Crippen molar-refractivity contribution in [3.63, 3.8) is 0 Å². The van der Waals surface area contributed by atoms with E-state index in [-0.39, 0.29) is 6.04 Å². The molecule has 2 heteroatoms. The van der Waals surface area contributed by atoms with Gasteiger partial charge in [-0.2, -0.15) is 0 Å². The molecule has 2 atom stereocenters. The number of hydrogen-bond donors (Lipinski definition) is 2. The highest BCUT2D eigenvalue weighted by Crippen LogP contribution is 2.24. The summed E-state index contributed by atoms with van der Waals surface area (Å²) < 4.78 is 0. The van der Waals surface area contributed by atoms with E-state index in [2.05, 4.69) is 38.1 Å². The number of nitrogen functional groups attached to an aromatic ring is 1. The summed E-state index contributed by atoms with van der Waals surface area (Å²) in [5.41, 5.74) is 16.3. The van der Waals surface area contributed by atoms with E-state index in [1.54, 1.807) is 0 Å². The molecule has 0 spiro atoms. The van der Waals surface area contributed by atoms with Gasteiger partial charge in [0.1, 0.15) is 0 Å². The monoisotopic (exact) mass is 254 g/mol. The smallest absolute Gasteiger partial charge is 0.0551 e. The molecule has 0 aliphatic heterocycles. The van der Waals surface area contributed by atoms with Gasteiger partial charge in [-0.15, -0.1) is 0 Å². The van der Waals surface area contributed by atoms with Crippen molar-refractivity contribution in [3.8, 4) is 0 Å². The lowest BCUT2D eigenvalue weighted by Crippen LogP contribution is -2.11. The molecule has 0 radical (unpaired) electrons. The Morgan fingerprint density at radius 2 is 1.26 bits per heavy atom. The molecule has 0 heterocycles. The summed E-state index contributed by atoms with van der Waals surface area (Å²) >= 11 is 0. The molecule has 0 aliphatic carbocycles. The first-order valence-electron chi connectivity index (χ1n) is 6.82. The molecule has 19 heavy (non-hydrogen) atoms. The second-order valence-corrected chi connectivity index (χ2v) is 5.12. The molecule has 2 rings (SSSR count). The second-order valence-electron chi connectivity index (χ2n) is 5.12. The van der Waals surface area contributed by atoms with Gasteiger partial charge >= 0.3 is 0 Å².